The molecular weight excluding hydrogens is 386 g/mol. The van der Waals surface area contributed by atoms with Crippen LogP contribution in [0, 0.1) is 0 Å². The highest BCUT2D eigenvalue weighted by atomic mass is 79.9. The Labute approximate surface area is 155 Å². The van der Waals surface area contributed by atoms with Gasteiger partial charge in [0.15, 0.2) is 6.61 Å². The first-order valence-corrected chi connectivity index (χ1v) is 8.74. The monoisotopic (exact) mass is 405 g/mol. The largest absolute Gasteiger partial charge is 0.484 e. The molecule has 1 atom stereocenters. The fourth-order valence-corrected chi connectivity index (χ4v) is 2.89. The van der Waals surface area contributed by atoms with Crippen molar-refractivity contribution < 1.29 is 19.1 Å². The molecule has 25 heavy (non-hydrogen) atoms. The lowest BCUT2D eigenvalue weighted by Gasteiger charge is -2.16. The third-order valence-electron chi connectivity index (χ3n) is 3.46. The molecule has 0 aliphatic heterocycles. The molecule has 0 unspecified atom stereocenters. The normalized spacial score (nSPS) is 11.5. The van der Waals surface area contributed by atoms with E-state index in [0.29, 0.717) is 17.9 Å². The smallest absolute Gasteiger partial charge is 0.338 e. The van der Waals surface area contributed by atoms with Crippen LogP contribution in [0.5, 0.6) is 5.75 Å². The van der Waals surface area contributed by atoms with Crippen LogP contribution in [0.1, 0.15) is 35.8 Å². The molecule has 0 aromatic heterocycles. The predicted octanol–water partition coefficient (Wildman–Crippen LogP) is 3.88. The molecule has 0 spiro atoms. The first-order chi connectivity index (χ1) is 12.0. The molecule has 2 aromatic rings. The number of rotatable bonds is 7. The van der Waals surface area contributed by atoms with Crippen LogP contribution in [-0.2, 0) is 9.53 Å². The summed E-state index contributed by atoms with van der Waals surface area (Å²) in [6, 6.07) is 14.1. The summed E-state index contributed by atoms with van der Waals surface area (Å²) in [5.41, 5.74) is 1.38. The summed E-state index contributed by atoms with van der Waals surface area (Å²) >= 11 is 3.47. The molecule has 0 saturated heterocycles. The fourth-order valence-electron chi connectivity index (χ4n) is 2.26. The van der Waals surface area contributed by atoms with Gasteiger partial charge in [-0.2, -0.15) is 0 Å². The number of hydrogen-bond acceptors (Lipinski definition) is 4. The first-order valence-electron chi connectivity index (χ1n) is 7.95. The Balaban J connectivity index is 1.91. The number of carbonyl (C=O) groups excluding carboxylic acids is 2. The molecular formula is C19H20BrNO4. The van der Waals surface area contributed by atoms with Gasteiger partial charge in [-0.25, -0.2) is 4.79 Å². The van der Waals surface area contributed by atoms with Gasteiger partial charge in [-0.1, -0.05) is 40.2 Å². The summed E-state index contributed by atoms with van der Waals surface area (Å²) in [5.74, 6) is -0.223. The van der Waals surface area contributed by atoms with Crippen molar-refractivity contribution in [2.75, 3.05) is 13.2 Å². The van der Waals surface area contributed by atoms with Crippen LogP contribution in [0.4, 0.5) is 0 Å². The molecule has 0 saturated carbocycles. The number of ether oxygens (including phenoxy) is 2. The van der Waals surface area contributed by atoms with E-state index < -0.39 is 5.97 Å². The Kier molecular flexibility index (Phi) is 7.01. The Morgan fingerprint density at radius 3 is 2.64 bits per heavy atom. The summed E-state index contributed by atoms with van der Waals surface area (Å²) in [5, 5.41) is 2.88. The van der Waals surface area contributed by atoms with E-state index in [-0.39, 0.29) is 18.6 Å². The van der Waals surface area contributed by atoms with E-state index in [9.17, 15) is 9.59 Å². The van der Waals surface area contributed by atoms with E-state index in [1.807, 2.05) is 31.2 Å². The van der Waals surface area contributed by atoms with Gasteiger partial charge in [-0.05, 0) is 43.7 Å². The van der Waals surface area contributed by atoms with Crippen molar-refractivity contribution in [3.63, 3.8) is 0 Å². The van der Waals surface area contributed by atoms with E-state index in [4.69, 9.17) is 9.47 Å². The van der Waals surface area contributed by atoms with Crippen molar-refractivity contribution in [1.82, 2.24) is 5.32 Å². The zero-order valence-electron chi connectivity index (χ0n) is 14.1. The standard InChI is InChI=1S/C19H20BrNO4/c1-3-24-19(23)14-7-6-8-15(11-14)25-12-18(22)21-13(2)16-9-4-5-10-17(16)20/h4-11,13H,3,12H2,1-2H3,(H,21,22)/t13-/m1/s1. The molecule has 6 heteroatoms. The minimum atomic E-state index is -0.417. The topological polar surface area (TPSA) is 64.6 Å². The minimum absolute atomic E-state index is 0.138. The van der Waals surface area contributed by atoms with Gasteiger partial charge >= 0.3 is 5.97 Å². The van der Waals surface area contributed by atoms with Gasteiger partial charge in [0.1, 0.15) is 5.75 Å². The van der Waals surface area contributed by atoms with Crippen LogP contribution < -0.4 is 10.1 Å². The molecule has 0 radical (unpaired) electrons. The third-order valence-corrected chi connectivity index (χ3v) is 4.19. The summed E-state index contributed by atoms with van der Waals surface area (Å²) in [6.45, 7) is 3.81. The van der Waals surface area contributed by atoms with Crippen molar-refractivity contribution in [2.24, 2.45) is 0 Å². The van der Waals surface area contributed by atoms with Crippen molar-refractivity contribution in [2.45, 2.75) is 19.9 Å². The van der Waals surface area contributed by atoms with Crippen LogP contribution in [0.2, 0.25) is 0 Å². The summed E-state index contributed by atoms with van der Waals surface area (Å²) in [4.78, 5) is 23.8. The lowest BCUT2D eigenvalue weighted by molar-refractivity contribution is -0.123. The highest BCUT2D eigenvalue weighted by molar-refractivity contribution is 9.10. The maximum Gasteiger partial charge on any atom is 0.338 e. The number of esters is 1. The SMILES string of the molecule is CCOC(=O)c1cccc(OCC(=O)N[C@H](C)c2ccccc2Br)c1. The summed E-state index contributed by atoms with van der Waals surface area (Å²) in [7, 11) is 0. The average molecular weight is 406 g/mol. The molecule has 1 amide bonds. The van der Waals surface area contributed by atoms with Gasteiger partial charge in [-0.15, -0.1) is 0 Å². The minimum Gasteiger partial charge on any atom is -0.484 e. The predicted molar refractivity (Wildman–Crippen MR) is 98.6 cm³/mol. The highest BCUT2D eigenvalue weighted by Crippen LogP contribution is 2.22. The van der Waals surface area contributed by atoms with Crippen molar-refractivity contribution >= 4 is 27.8 Å². The number of halogens is 1. The van der Waals surface area contributed by atoms with Gasteiger partial charge in [0.05, 0.1) is 18.2 Å². The van der Waals surface area contributed by atoms with Gasteiger partial charge in [0, 0.05) is 4.47 Å². The average Bonchev–Trinajstić information content (AvgIpc) is 2.60. The number of nitrogens with one attached hydrogen (secondary N) is 1. The summed E-state index contributed by atoms with van der Waals surface area (Å²) < 4.78 is 11.4. The first kappa shape index (κ1) is 19.0. The lowest BCUT2D eigenvalue weighted by Crippen LogP contribution is -2.31. The maximum atomic E-state index is 12.1. The van der Waals surface area contributed by atoms with Crippen LogP contribution in [0.3, 0.4) is 0 Å². The van der Waals surface area contributed by atoms with E-state index in [0.717, 1.165) is 10.0 Å². The van der Waals surface area contributed by atoms with E-state index >= 15 is 0 Å². The van der Waals surface area contributed by atoms with Crippen molar-refractivity contribution in [1.29, 1.82) is 0 Å². The number of hydrogen-bond donors (Lipinski definition) is 1. The van der Waals surface area contributed by atoms with Gasteiger partial charge in [0.2, 0.25) is 0 Å². The zero-order chi connectivity index (χ0) is 18.2. The number of benzene rings is 2. The molecule has 0 heterocycles. The molecule has 0 fully saturated rings. The maximum absolute atomic E-state index is 12.1. The molecule has 132 valence electrons. The molecule has 5 nitrogen and oxygen atoms in total. The number of amides is 1. The Bertz CT molecular complexity index is 748. The van der Waals surface area contributed by atoms with Crippen molar-refractivity contribution in [3.05, 3.63) is 64.1 Å². The van der Waals surface area contributed by atoms with Gasteiger partial charge < -0.3 is 14.8 Å². The third kappa shape index (κ3) is 5.60. The Hall–Kier alpha value is -2.34. The number of carbonyl (C=O) groups is 2. The van der Waals surface area contributed by atoms with E-state index in [2.05, 4.69) is 21.2 Å². The Morgan fingerprint density at radius 2 is 1.92 bits per heavy atom. The summed E-state index contributed by atoms with van der Waals surface area (Å²) in [6.07, 6.45) is 0. The Morgan fingerprint density at radius 1 is 1.16 bits per heavy atom. The molecule has 0 bridgehead atoms. The molecule has 1 N–H and O–H groups in total. The van der Waals surface area contributed by atoms with Crippen LogP contribution in [-0.4, -0.2) is 25.1 Å². The van der Waals surface area contributed by atoms with Gasteiger partial charge in [0.25, 0.3) is 5.91 Å². The second-order valence-electron chi connectivity index (χ2n) is 5.35. The fraction of sp³-hybridized carbons (Fsp3) is 0.263. The molecule has 0 aliphatic rings. The quantitative estimate of drug-likeness (QED) is 0.709. The van der Waals surface area contributed by atoms with Crippen molar-refractivity contribution in [3.8, 4) is 5.75 Å². The molecule has 2 aromatic carbocycles. The zero-order valence-corrected chi connectivity index (χ0v) is 15.7. The van der Waals surface area contributed by atoms with E-state index in [1.165, 1.54) is 0 Å². The molecule has 2 rings (SSSR count). The second kappa shape index (κ2) is 9.22. The lowest BCUT2D eigenvalue weighted by atomic mass is 10.1. The second-order valence-corrected chi connectivity index (χ2v) is 6.20. The van der Waals surface area contributed by atoms with Crippen LogP contribution in [0.15, 0.2) is 53.0 Å². The highest BCUT2D eigenvalue weighted by Gasteiger charge is 2.13. The molecule has 0 aliphatic carbocycles. The van der Waals surface area contributed by atoms with E-state index in [1.54, 1.807) is 31.2 Å². The van der Waals surface area contributed by atoms with Gasteiger partial charge in [-0.3, -0.25) is 4.79 Å². The van der Waals surface area contributed by atoms with Crippen LogP contribution in [0.25, 0.3) is 0 Å². The van der Waals surface area contributed by atoms with Crippen LogP contribution >= 0.6 is 15.9 Å².